The molecular formula is C19H26N4O6S. The predicted octanol–water partition coefficient (Wildman–Crippen LogP) is 0.112. The molecule has 2 saturated heterocycles. The van der Waals surface area contributed by atoms with Gasteiger partial charge in [-0.05, 0) is 44.2 Å². The molecule has 1 aromatic carbocycles. The monoisotopic (exact) mass is 438 g/mol. The van der Waals surface area contributed by atoms with Gasteiger partial charge in [-0.3, -0.25) is 9.69 Å². The van der Waals surface area contributed by atoms with Crippen LogP contribution >= 0.6 is 0 Å². The molecule has 0 atom stereocenters. The van der Waals surface area contributed by atoms with Gasteiger partial charge in [0, 0.05) is 32.7 Å². The molecule has 0 spiro atoms. The second kappa shape index (κ2) is 9.54. The topological polar surface area (TPSA) is 116 Å². The highest BCUT2D eigenvalue weighted by Crippen LogP contribution is 2.19. The van der Waals surface area contributed by atoms with Gasteiger partial charge in [0.15, 0.2) is 0 Å². The highest BCUT2D eigenvalue weighted by atomic mass is 32.2. The summed E-state index contributed by atoms with van der Waals surface area (Å²) >= 11 is 0. The first-order valence-corrected chi connectivity index (χ1v) is 11.3. The fraction of sp³-hybridized carbons (Fsp3) is 0.526. The molecule has 2 aliphatic heterocycles. The Labute approximate surface area is 175 Å². The van der Waals surface area contributed by atoms with Gasteiger partial charge in [-0.2, -0.15) is 4.31 Å². The van der Waals surface area contributed by atoms with Crippen molar-refractivity contribution in [3.63, 3.8) is 0 Å². The highest BCUT2D eigenvalue weighted by molar-refractivity contribution is 7.89. The SMILES string of the molecule is CCOC(=O)c1ccc(S(=O)(=O)N2CCN(CCCN3C(=O)CNC3=O)CC2)cc1. The number of nitrogens with zero attached hydrogens (tertiary/aromatic N) is 3. The van der Waals surface area contributed by atoms with Crippen molar-refractivity contribution in [3.05, 3.63) is 29.8 Å². The fourth-order valence-corrected chi connectivity index (χ4v) is 4.88. The number of carbonyl (C=O) groups excluding carboxylic acids is 3. The van der Waals surface area contributed by atoms with Crippen LogP contribution in [-0.2, 0) is 19.6 Å². The second-order valence-electron chi connectivity index (χ2n) is 7.05. The molecule has 2 heterocycles. The van der Waals surface area contributed by atoms with Crippen LogP contribution in [0.15, 0.2) is 29.2 Å². The number of benzene rings is 1. The fourth-order valence-electron chi connectivity index (χ4n) is 3.45. The first-order valence-electron chi connectivity index (χ1n) is 9.91. The van der Waals surface area contributed by atoms with E-state index in [4.69, 9.17) is 4.74 Å². The number of amides is 3. The number of nitrogens with one attached hydrogen (secondary N) is 1. The zero-order valence-corrected chi connectivity index (χ0v) is 17.7. The van der Waals surface area contributed by atoms with Crippen molar-refractivity contribution in [1.82, 2.24) is 19.4 Å². The smallest absolute Gasteiger partial charge is 0.338 e. The summed E-state index contributed by atoms with van der Waals surface area (Å²) in [6.07, 6.45) is 0.640. The molecule has 0 unspecified atom stereocenters. The summed E-state index contributed by atoms with van der Waals surface area (Å²) in [5.41, 5.74) is 0.311. The number of imide groups is 1. The van der Waals surface area contributed by atoms with E-state index in [1.54, 1.807) is 6.92 Å². The molecule has 0 aliphatic carbocycles. The Hall–Kier alpha value is -2.50. The van der Waals surface area contributed by atoms with Crippen molar-refractivity contribution in [2.24, 2.45) is 0 Å². The molecule has 0 bridgehead atoms. The number of sulfonamides is 1. The van der Waals surface area contributed by atoms with Gasteiger partial charge >= 0.3 is 12.0 Å². The van der Waals surface area contributed by atoms with Crippen LogP contribution in [0, 0.1) is 0 Å². The number of hydrogen-bond acceptors (Lipinski definition) is 7. The van der Waals surface area contributed by atoms with E-state index >= 15 is 0 Å². The zero-order valence-electron chi connectivity index (χ0n) is 16.9. The van der Waals surface area contributed by atoms with Crippen LogP contribution in [0.5, 0.6) is 0 Å². The summed E-state index contributed by atoms with van der Waals surface area (Å²) in [5, 5.41) is 2.49. The van der Waals surface area contributed by atoms with Crippen molar-refractivity contribution in [1.29, 1.82) is 0 Å². The van der Waals surface area contributed by atoms with Crippen molar-refractivity contribution < 1.29 is 27.5 Å². The minimum absolute atomic E-state index is 0.0517. The minimum Gasteiger partial charge on any atom is -0.462 e. The number of ether oxygens (including phenoxy) is 1. The summed E-state index contributed by atoms with van der Waals surface area (Å²) in [5.74, 6) is -0.701. The van der Waals surface area contributed by atoms with Gasteiger partial charge in [0.1, 0.15) is 0 Å². The van der Waals surface area contributed by atoms with Crippen molar-refractivity contribution in [2.45, 2.75) is 18.2 Å². The molecule has 30 heavy (non-hydrogen) atoms. The molecule has 2 aliphatic rings. The minimum atomic E-state index is -3.64. The molecule has 0 radical (unpaired) electrons. The molecule has 1 aromatic rings. The lowest BCUT2D eigenvalue weighted by Gasteiger charge is -2.34. The first kappa shape index (κ1) is 22.2. The summed E-state index contributed by atoms with van der Waals surface area (Å²) in [6, 6.07) is 5.40. The molecular weight excluding hydrogens is 412 g/mol. The van der Waals surface area contributed by atoms with Crippen LogP contribution in [0.1, 0.15) is 23.7 Å². The van der Waals surface area contributed by atoms with Crippen molar-refractivity contribution in [2.75, 3.05) is 52.4 Å². The van der Waals surface area contributed by atoms with Crippen molar-refractivity contribution in [3.8, 4) is 0 Å². The van der Waals surface area contributed by atoms with E-state index in [2.05, 4.69) is 10.2 Å². The summed E-state index contributed by atoms with van der Waals surface area (Å²) in [7, 11) is -3.64. The summed E-state index contributed by atoms with van der Waals surface area (Å²) in [4.78, 5) is 38.3. The number of piperazine rings is 1. The Kier molecular flexibility index (Phi) is 7.06. The molecule has 164 valence electrons. The van der Waals surface area contributed by atoms with Crippen LogP contribution in [-0.4, -0.2) is 92.9 Å². The lowest BCUT2D eigenvalue weighted by molar-refractivity contribution is -0.125. The third-order valence-electron chi connectivity index (χ3n) is 5.13. The zero-order chi connectivity index (χ0) is 21.7. The summed E-state index contributed by atoms with van der Waals surface area (Å²) < 4.78 is 32.1. The number of urea groups is 1. The molecule has 0 aromatic heterocycles. The maximum Gasteiger partial charge on any atom is 0.338 e. The van der Waals surface area contributed by atoms with Gasteiger partial charge < -0.3 is 15.0 Å². The molecule has 10 nitrogen and oxygen atoms in total. The third-order valence-corrected chi connectivity index (χ3v) is 7.04. The van der Waals surface area contributed by atoms with E-state index in [0.29, 0.717) is 51.3 Å². The number of hydrogen-bond donors (Lipinski definition) is 1. The van der Waals surface area contributed by atoms with Crippen LogP contribution in [0.2, 0.25) is 0 Å². The maximum atomic E-state index is 12.9. The Morgan fingerprint density at radius 2 is 1.73 bits per heavy atom. The number of carbonyl (C=O) groups is 3. The van der Waals surface area contributed by atoms with Gasteiger partial charge in [0.2, 0.25) is 15.9 Å². The van der Waals surface area contributed by atoms with Crippen LogP contribution < -0.4 is 5.32 Å². The van der Waals surface area contributed by atoms with Crippen LogP contribution in [0.4, 0.5) is 4.79 Å². The standard InChI is InChI=1S/C19H26N4O6S/c1-2-29-18(25)15-4-6-16(7-5-15)30(27,28)22-12-10-21(11-13-22)8-3-9-23-17(24)14-20-19(23)26/h4-7H,2-3,8-14H2,1H3,(H,20,26). The molecule has 3 amide bonds. The van der Waals surface area contributed by atoms with Gasteiger partial charge in [-0.25, -0.2) is 18.0 Å². The normalized spacial score (nSPS) is 18.5. The van der Waals surface area contributed by atoms with E-state index in [-0.39, 0.29) is 30.0 Å². The molecule has 1 N–H and O–H groups in total. The predicted molar refractivity (Wildman–Crippen MR) is 107 cm³/mol. The lowest BCUT2D eigenvalue weighted by atomic mass is 10.2. The third kappa shape index (κ3) is 4.97. The Morgan fingerprint density at radius 1 is 1.07 bits per heavy atom. The van der Waals surface area contributed by atoms with Crippen LogP contribution in [0.25, 0.3) is 0 Å². The van der Waals surface area contributed by atoms with E-state index in [1.807, 2.05) is 0 Å². The average molecular weight is 439 g/mol. The van der Waals surface area contributed by atoms with Gasteiger partial charge in [0.25, 0.3) is 0 Å². The molecule has 11 heteroatoms. The van der Waals surface area contributed by atoms with E-state index in [1.165, 1.54) is 33.5 Å². The van der Waals surface area contributed by atoms with E-state index in [0.717, 1.165) is 0 Å². The average Bonchev–Trinajstić information content (AvgIpc) is 3.06. The lowest BCUT2D eigenvalue weighted by Crippen LogP contribution is -2.49. The first-order chi connectivity index (χ1) is 14.3. The van der Waals surface area contributed by atoms with Gasteiger partial charge in [0.05, 0.1) is 23.6 Å². The number of rotatable bonds is 8. The van der Waals surface area contributed by atoms with Crippen LogP contribution in [0.3, 0.4) is 0 Å². The Morgan fingerprint density at radius 3 is 2.30 bits per heavy atom. The largest absolute Gasteiger partial charge is 0.462 e. The second-order valence-corrected chi connectivity index (χ2v) is 8.99. The molecule has 3 rings (SSSR count). The molecule has 0 saturated carbocycles. The van der Waals surface area contributed by atoms with E-state index in [9.17, 15) is 22.8 Å². The number of esters is 1. The van der Waals surface area contributed by atoms with Gasteiger partial charge in [-0.1, -0.05) is 0 Å². The maximum absolute atomic E-state index is 12.9. The van der Waals surface area contributed by atoms with E-state index < -0.39 is 16.0 Å². The van der Waals surface area contributed by atoms with Crippen molar-refractivity contribution >= 4 is 27.9 Å². The summed E-state index contributed by atoms with van der Waals surface area (Å²) in [6.45, 7) is 4.89. The highest BCUT2D eigenvalue weighted by Gasteiger charge is 2.30. The molecule has 2 fully saturated rings. The Balaban J connectivity index is 1.49. The Bertz CT molecular complexity index is 878. The van der Waals surface area contributed by atoms with Gasteiger partial charge in [-0.15, -0.1) is 0 Å². The quantitative estimate of drug-likeness (QED) is 0.452.